The Bertz CT molecular complexity index is 1890. The van der Waals surface area contributed by atoms with Crippen molar-refractivity contribution in [1.29, 1.82) is 0 Å². The van der Waals surface area contributed by atoms with Crippen LogP contribution in [-0.4, -0.2) is 6.79 Å². The molecule has 0 fully saturated rings. The fraction of sp³-hybridized carbons (Fsp3) is 0. The zero-order valence-corrected chi connectivity index (χ0v) is 38.6. The summed E-state index contributed by atoms with van der Waals surface area (Å²) in [7, 11) is -2.63. The van der Waals surface area contributed by atoms with Gasteiger partial charge in [-0.05, 0) is 109 Å². The van der Waals surface area contributed by atoms with Gasteiger partial charge in [-0.25, -0.2) is 0 Å². The summed E-state index contributed by atoms with van der Waals surface area (Å²) in [5.41, 5.74) is 0. The quantitative estimate of drug-likeness (QED) is 0.0802. The SMILES string of the molecule is [CH-]=O.[Pt].c1ccc([PH+](c2ccccc2)c2ccccc2)cc1.c1ccc([PH+](c2ccccc2)c2ccccc2)cc1.c1ccc([PH+](c2ccccc2)c2ccccc2)cc1. The second-order valence-corrected chi connectivity index (χ2v) is 20.9. The van der Waals surface area contributed by atoms with Gasteiger partial charge in [0.25, 0.3) is 0 Å². The molecule has 0 unspecified atom stereocenters. The zero-order valence-electron chi connectivity index (χ0n) is 33.3. The monoisotopic (exact) mass is 1010 g/mol. The van der Waals surface area contributed by atoms with Gasteiger partial charge in [-0.2, -0.15) is 0 Å². The first-order chi connectivity index (χ1) is 29.3. The molecule has 0 heterocycles. The van der Waals surface area contributed by atoms with E-state index in [1.54, 1.807) is 0 Å². The van der Waals surface area contributed by atoms with Crippen molar-refractivity contribution < 1.29 is 25.9 Å². The van der Waals surface area contributed by atoms with Crippen LogP contribution in [-0.2, 0) is 25.9 Å². The molecule has 0 aromatic heterocycles. The number of benzene rings is 9. The van der Waals surface area contributed by atoms with Crippen molar-refractivity contribution in [3.63, 3.8) is 0 Å². The Morgan fingerprint density at radius 3 is 0.350 bits per heavy atom. The van der Waals surface area contributed by atoms with Gasteiger partial charge in [0.15, 0.2) is 0 Å². The summed E-state index contributed by atoms with van der Waals surface area (Å²) in [6.45, 7) is 3.25. The van der Waals surface area contributed by atoms with Crippen molar-refractivity contribution in [2.45, 2.75) is 0 Å². The van der Waals surface area contributed by atoms with Gasteiger partial charge in [0.05, 0.1) is 23.8 Å². The van der Waals surface area contributed by atoms with Crippen LogP contribution in [0.4, 0.5) is 0 Å². The van der Waals surface area contributed by atoms with Crippen molar-refractivity contribution >= 4 is 78.3 Å². The van der Waals surface area contributed by atoms with E-state index >= 15 is 0 Å². The zero-order chi connectivity index (χ0) is 40.7. The van der Waals surface area contributed by atoms with Gasteiger partial charge in [-0.15, -0.1) is 0 Å². The standard InChI is InChI=1S/3C18H15P.CHO.Pt/c3*1-4-10-16(11-5-1)19(17-12-6-2-7-13-17)18-14-8-3-9-15-18;1-2;/h3*1-15H;1H;/q;;;-1;/p+3. The molecule has 9 aromatic rings. The molecule has 0 atom stereocenters. The number of rotatable bonds is 9. The Labute approximate surface area is 374 Å². The van der Waals surface area contributed by atoms with E-state index in [0.29, 0.717) is 0 Å². The number of hydrogen-bond acceptors (Lipinski definition) is 1. The maximum atomic E-state index is 7.75. The minimum Gasteiger partial charge on any atom is -0.545 e. The predicted octanol–water partition coefficient (Wildman–Crippen LogP) is 9.25. The van der Waals surface area contributed by atoms with Gasteiger partial charge in [0.2, 0.25) is 0 Å². The minimum atomic E-state index is -0.877. The van der Waals surface area contributed by atoms with Crippen molar-refractivity contribution in [1.82, 2.24) is 0 Å². The first-order valence-corrected chi connectivity index (χ1v) is 24.2. The summed E-state index contributed by atoms with van der Waals surface area (Å²) in [6.07, 6.45) is 0. The van der Waals surface area contributed by atoms with Crippen molar-refractivity contribution in [3.05, 3.63) is 273 Å². The van der Waals surface area contributed by atoms with Crippen LogP contribution >= 0.6 is 23.8 Å². The van der Waals surface area contributed by atoms with Gasteiger partial charge in [-0.3, -0.25) is 6.79 Å². The molecule has 0 spiro atoms. The van der Waals surface area contributed by atoms with Crippen molar-refractivity contribution in [3.8, 4) is 0 Å². The molecule has 60 heavy (non-hydrogen) atoms. The van der Waals surface area contributed by atoms with E-state index in [9.17, 15) is 0 Å². The summed E-state index contributed by atoms with van der Waals surface area (Å²) in [5.74, 6) is 0. The molecule has 0 radical (unpaired) electrons. The van der Waals surface area contributed by atoms with Gasteiger partial charge in [-0.1, -0.05) is 164 Å². The molecule has 298 valence electrons. The van der Waals surface area contributed by atoms with Crippen LogP contribution in [0.1, 0.15) is 0 Å². The molecule has 0 aliphatic heterocycles. The van der Waals surface area contributed by atoms with E-state index in [0.717, 1.165) is 0 Å². The van der Waals surface area contributed by atoms with E-state index in [-0.39, 0.29) is 21.1 Å². The van der Waals surface area contributed by atoms with Gasteiger partial charge in [0.1, 0.15) is 47.7 Å². The van der Waals surface area contributed by atoms with Crippen LogP contribution in [0.2, 0.25) is 0 Å². The van der Waals surface area contributed by atoms with Crippen molar-refractivity contribution in [2.75, 3.05) is 0 Å². The molecule has 5 heteroatoms. The summed E-state index contributed by atoms with van der Waals surface area (Å²) >= 11 is 0. The molecule has 1 nitrogen and oxygen atoms in total. The Morgan fingerprint density at radius 1 is 0.183 bits per heavy atom. The fourth-order valence-corrected chi connectivity index (χ4v) is 14.7. The van der Waals surface area contributed by atoms with Gasteiger partial charge >= 0.3 is 0 Å². The predicted molar refractivity (Wildman–Crippen MR) is 266 cm³/mol. The number of hydrogen-bond donors (Lipinski definition) is 0. The first kappa shape index (κ1) is 45.7. The van der Waals surface area contributed by atoms with E-state index in [1.165, 1.54) is 47.7 Å². The largest absolute Gasteiger partial charge is 0.545 e. The molecule has 0 N–H and O–H groups in total. The summed E-state index contributed by atoms with van der Waals surface area (Å²) in [6, 6.07) is 97.5. The maximum Gasteiger partial charge on any atom is 0.102 e. The van der Waals surface area contributed by atoms with E-state index in [4.69, 9.17) is 4.79 Å². The van der Waals surface area contributed by atoms with Crippen LogP contribution in [0.25, 0.3) is 0 Å². The molecule has 9 aromatic carbocycles. The summed E-state index contributed by atoms with van der Waals surface area (Å²) < 4.78 is 0. The molecule has 9 rings (SSSR count). The molecule has 0 aliphatic rings. The third-order valence-electron chi connectivity index (χ3n) is 9.56. The summed E-state index contributed by atoms with van der Waals surface area (Å²) in [5, 5.41) is 12.9. The molecule has 0 saturated carbocycles. The van der Waals surface area contributed by atoms with Crippen molar-refractivity contribution in [2.24, 2.45) is 0 Å². The molecular weight excluding hydrogens is 965 g/mol. The Kier molecular flexibility index (Phi) is 19.8. The van der Waals surface area contributed by atoms with E-state index in [1.807, 2.05) is 0 Å². The topological polar surface area (TPSA) is 17.1 Å². The average molecular weight is 1010 g/mol. The normalized spacial score (nSPS) is 10.1. The van der Waals surface area contributed by atoms with Gasteiger partial charge in [0, 0.05) is 21.1 Å². The Morgan fingerprint density at radius 2 is 0.267 bits per heavy atom. The third kappa shape index (κ3) is 13.3. The van der Waals surface area contributed by atoms with Crippen LogP contribution in [0.15, 0.2) is 273 Å². The molecule has 0 amide bonds. The molecular formula is C55H49OP3Pt+2. The Hall–Kier alpha value is -5.37. The molecule has 0 aliphatic carbocycles. The van der Waals surface area contributed by atoms with Crippen LogP contribution < -0.4 is 47.7 Å². The smallest absolute Gasteiger partial charge is 0.102 e. The van der Waals surface area contributed by atoms with Crippen LogP contribution in [0.3, 0.4) is 0 Å². The average Bonchev–Trinajstić information content (AvgIpc) is 3.34. The maximum absolute atomic E-state index is 7.75. The second-order valence-electron chi connectivity index (χ2n) is 13.4. The van der Waals surface area contributed by atoms with Crippen LogP contribution in [0.5, 0.6) is 0 Å². The third-order valence-corrected chi connectivity index (χ3v) is 17.8. The van der Waals surface area contributed by atoms with E-state index < -0.39 is 23.8 Å². The second kappa shape index (κ2) is 26.0. The van der Waals surface area contributed by atoms with E-state index in [2.05, 4.69) is 280 Å². The van der Waals surface area contributed by atoms with Crippen LogP contribution in [0, 0.1) is 0 Å². The molecule has 0 bridgehead atoms. The minimum absolute atomic E-state index is 0. The fourth-order valence-electron chi connectivity index (χ4n) is 6.94. The van der Waals surface area contributed by atoms with Gasteiger partial charge < -0.3 is 4.79 Å². The Balaban J connectivity index is 0.000000166. The number of carbonyl (C=O) groups excluding carboxylic acids is 1. The molecule has 0 saturated heterocycles. The summed E-state index contributed by atoms with van der Waals surface area (Å²) in [4.78, 5) is 7.75. The first-order valence-electron chi connectivity index (χ1n) is 19.7.